The van der Waals surface area contributed by atoms with Gasteiger partial charge in [-0.25, -0.2) is 0 Å². The average molecular weight is 245 g/mol. The zero-order chi connectivity index (χ0) is 12.4. The Labute approximate surface area is 107 Å². The molecule has 0 unspecified atom stereocenters. The molecule has 1 heterocycles. The van der Waals surface area contributed by atoms with Gasteiger partial charge < -0.3 is 15.2 Å². The van der Waals surface area contributed by atoms with Crippen molar-refractivity contribution in [2.24, 2.45) is 0 Å². The van der Waals surface area contributed by atoms with Gasteiger partial charge in [-0.2, -0.15) is 0 Å². The van der Waals surface area contributed by atoms with E-state index >= 15 is 0 Å². The number of aliphatic hydroxyl groups is 1. The molecule has 2 aliphatic rings. The largest absolute Gasteiger partial charge is 0.391 e. The first-order valence-corrected chi connectivity index (χ1v) is 6.59. The Balaban J connectivity index is 1.67. The molecule has 0 bridgehead atoms. The molecule has 0 amide bonds. The van der Waals surface area contributed by atoms with E-state index in [1.165, 1.54) is 16.7 Å². The Morgan fingerprint density at radius 2 is 2.22 bits per heavy atom. The number of ether oxygens (including phenoxy) is 1. The first-order valence-electron chi connectivity index (χ1n) is 6.59. The zero-order valence-electron chi connectivity index (χ0n) is 10.4. The average Bonchev–Trinajstić information content (AvgIpc) is 2.73. The SMILES string of the molecule is O[C@H]1Cc2ccccc2[C@H]1NCC1=CCCOC1. The van der Waals surface area contributed by atoms with Crippen LogP contribution in [0.1, 0.15) is 23.6 Å². The number of fused-ring (bicyclic) bond motifs is 1. The predicted octanol–water partition coefficient (Wildman–Crippen LogP) is 1.58. The lowest BCUT2D eigenvalue weighted by molar-refractivity contribution is 0.134. The first kappa shape index (κ1) is 11.9. The highest BCUT2D eigenvalue weighted by molar-refractivity contribution is 5.36. The third kappa shape index (κ3) is 2.34. The van der Waals surface area contributed by atoms with E-state index in [1.807, 2.05) is 12.1 Å². The van der Waals surface area contributed by atoms with Crippen LogP contribution in [0.4, 0.5) is 0 Å². The summed E-state index contributed by atoms with van der Waals surface area (Å²) in [6, 6.07) is 8.34. The van der Waals surface area contributed by atoms with Gasteiger partial charge in [-0.05, 0) is 23.1 Å². The van der Waals surface area contributed by atoms with Crippen LogP contribution in [0.15, 0.2) is 35.9 Å². The molecule has 1 aliphatic carbocycles. The molecular weight excluding hydrogens is 226 g/mol. The van der Waals surface area contributed by atoms with Crippen LogP contribution in [0.2, 0.25) is 0 Å². The van der Waals surface area contributed by atoms with Crippen LogP contribution < -0.4 is 5.32 Å². The van der Waals surface area contributed by atoms with Crippen molar-refractivity contribution < 1.29 is 9.84 Å². The predicted molar refractivity (Wildman–Crippen MR) is 70.4 cm³/mol. The van der Waals surface area contributed by atoms with E-state index in [0.29, 0.717) is 0 Å². The maximum Gasteiger partial charge on any atom is 0.0775 e. The van der Waals surface area contributed by atoms with E-state index in [1.54, 1.807) is 0 Å². The molecule has 1 aromatic rings. The van der Waals surface area contributed by atoms with Crippen LogP contribution in [0.5, 0.6) is 0 Å². The molecule has 3 nitrogen and oxygen atoms in total. The van der Waals surface area contributed by atoms with Crippen LogP contribution in [0, 0.1) is 0 Å². The second-order valence-electron chi connectivity index (χ2n) is 5.03. The lowest BCUT2D eigenvalue weighted by atomic mass is 10.1. The fraction of sp³-hybridized carbons (Fsp3) is 0.467. The molecule has 2 N–H and O–H groups in total. The summed E-state index contributed by atoms with van der Waals surface area (Å²) in [4.78, 5) is 0. The second-order valence-corrected chi connectivity index (χ2v) is 5.03. The van der Waals surface area contributed by atoms with Crippen molar-refractivity contribution in [1.29, 1.82) is 0 Å². The molecule has 1 aliphatic heterocycles. The normalized spacial score (nSPS) is 26.8. The van der Waals surface area contributed by atoms with Gasteiger partial charge in [0, 0.05) is 13.0 Å². The highest BCUT2D eigenvalue weighted by atomic mass is 16.5. The number of rotatable bonds is 3. The summed E-state index contributed by atoms with van der Waals surface area (Å²) >= 11 is 0. The molecule has 1 aromatic carbocycles. The first-order chi connectivity index (χ1) is 8.84. The zero-order valence-corrected chi connectivity index (χ0v) is 10.4. The van der Waals surface area contributed by atoms with E-state index in [9.17, 15) is 5.11 Å². The minimum Gasteiger partial charge on any atom is -0.391 e. The van der Waals surface area contributed by atoms with Gasteiger partial charge in [-0.1, -0.05) is 30.3 Å². The van der Waals surface area contributed by atoms with Crippen molar-refractivity contribution in [3.63, 3.8) is 0 Å². The molecule has 96 valence electrons. The Hall–Kier alpha value is -1.16. The minimum atomic E-state index is -0.312. The Bertz CT molecular complexity index is 456. The Morgan fingerprint density at radius 3 is 3.06 bits per heavy atom. The molecule has 0 aromatic heterocycles. The van der Waals surface area contributed by atoms with Gasteiger partial charge >= 0.3 is 0 Å². The fourth-order valence-corrected chi connectivity index (χ4v) is 2.79. The van der Waals surface area contributed by atoms with E-state index < -0.39 is 0 Å². The highest BCUT2D eigenvalue weighted by Gasteiger charge is 2.30. The third-order valence-electron chi connectivity index (χ3n) is 3.74. The van der Waals surface area contributed by atoms with Crippen LogP contribution in [0.3, 0.4) is 0 Å². The van der Waals surface area contributed by atoms with Gasteiger partial charge in [0.15, 0.2) is 0 Å². The van der Waals surface area contributed by atoms with E-state index in [4.69, 9.17) is 4.74 Å². The van der Waals surface area contributed by atoms with Crippen molar-refractivity contribution in [1.82, 2.24) is 5.32 Å². The molecule has 0 radical (unpaired) electrons. The number of hydrogen-bond donors (Lipinski definition) is 2. The van der Waals surface area contributed by atoms with Crippen molar-refractivity contribution in [3.05, 3.63) is 47.0 Å². The molecule has 0 spiro atoms. The van der Waals surface area contributed by atoms with Gasteiger partial charge in [-0.15, -0.1) is 0 Å². The lowest BCUT2D eigenvalue weighted by Crippen LogP contribution is -2.31. The van der Waals surface area contributed by atoms with Crippen molar-refractivity contribution >= 4 is 0 Å². The third-order valence-corrected chi connectivity index (χ3v) is 3.74. The van der Waals surface area contributed by atoms with Gasteiger partial charge in [-0.3, -0.25) is 0 Å². The molecule has 18 heavy (non-hydrogen) atoms. The summed E-state index contributed by atoms with van der Waals surface area (Å²) in [5, 5.41) is 13.6. The number of nitrogens with one attached hydrogen (secondary N) is 1. The summed E-state index contributed by atoms with van der Waals surface area (Å²) in [5.74, 6) is 0. The molecule has 0 saturated carbocycles. The van der Waals surface area contributed by atoms with Gasteiger partial charge in [0.1, 0.15) is 0 Å². The quantitative estimate of drug-likeness (QED) is 0.794. The fourth-order valence-electron chi connectivity index (χ4n) is 2.79. The van der Waals surface area contributed by atoms with Crippen LogP contribution in [0.25, 0.3) is 0 Å². The van der Waals surface area contributed by atoms with Crippen LogP contribution in [-0.2, 0) is 11.2 Å². The molecular formula is C15H19NO2. The molecule has 3 heteroatoms. The maximum atomic E-state index is 10.1. The lowest BCUT2D eigenvalue weighted by Gasteiger charge is -2.20. The molecule has 0 fully saturated rings. The maximum absolute atomic E-state index is 10.1. The molecule has 2 atom stereocenters. The van der Waals surface area contributed by atoms with Gasteiger partial charge in [0.25, 0.3) is 0 Å². The van der Waals surface area contributed by atoms with E-state index in [0.717, 1.165) is 32.6 Å². The summed E-state index contributed by atoms with van der Waals surface area (Å²) in [6.07, 6.45) is 3.68. The summed E-state index contributed by atoms with van der Waals surface area (Å²) in [7, 11) is 0. The Morgan fingerprint density at radius 1 is 1.33 bits per heavy atom. The van der Waals surface area contributed by atoms with Gasteiger partial charge in [0.05, 0.1) is 25.4 Å². The highest BCUT2D eigenvalue weighted by Crippen LogP contribution is 2.31. The standard InChI is InChI=1S/C15H19NO2/c17-14-8-12-5-1-2-6-13(12)15(14)16-9-11-4-3-7-18-10-11/h1-2,4-6,14-17H,3,7-10H2/t14-,15+/m0/s1. The summed E-state index contributed by atoms with van der Waals surface area (Å²) in [6.45, 7) is 2.35. The summed E-state index contributed by atoms with van der Waals surface area (Å²) in [5.41, 5.74) is 3.79. The topological polar surface area (TPSA) is 41.5 Å². The number of hydrogen-bond acceptors (Lipinski definition) is 3. The van der Waals surface area contributed by atoms with Crippen LogP contribution in [-0.4, -0.2) is 31.0 Å². The van der Waals surface area contributed by atoms with Crippen molar-refractivity contribution in [3.8, 4) is 0 Å². The molecule has 0 saturated heterocycles. The van der Waals surface area contributed by atoms with Crippen LogP contribution >= 0.6 is 0 Å². The second kappa shape index (κ2) is 5.22. The smallest absolute Gasteiger partial charge is 0.0775 e. The van der Waals surface area contributed by atoms with E-state index in [2.05, 4.69) is 23.5 Å². The minimum absolute atomic E-state index is 0.0593. The van der Waals surface area contributed by atoms with Crippen molar-refractivity contribution in [2.75, 3.05) is 19.8 Å². The monoisotopic (exact) mass is 245 g/mol. The molecule has 3 rings (SSSR count). The Kier molecular flexibility index (Phi) is 3.46. The summed E-state index contributed by atoms with van der Waals surface area (Å²) < 4.78 is 5.42. The van der Waals surface area contributed by atoms with E-state index in [-0.39, 0.29) is 12.1 Å². The number of aliphatic hydroxyl groups excluding tert-OH is 1. The van der Waals surface area contributed by atoms with Crippen molar-refractivity contribution in [2.45, 2.75) is 25.0 Å². The number of benzene rings is 1. The van der Waals surface area contributed by atoms with Gasteiger partial charge in [0.2, 0.25) is 0 Å².